The van der Waals surface area contributed by atoms with Gasteiger partial charge in [-0.1, -0.05) is 18.7 Å². The number of halogens is 1. The predicted molar refractivity (Wildman–Crippen MR) is 71.1 cm³/mol. The largest absolute Gasteiger partial charge is 0.440 e. The zero-order valence-corrected chi connectivity index (χ0v) is 12.4. The van der Waals surface area contributed by atoms with Gasteiger partial charge in [-0.15, -0.1) is 0 Å². The van der Waals surface area contributed by atoms with Gasteiger partial charge in [0.1, 0.15) is 6.26 Å². The lowest BCUT2D eigenvalue weighted by molar-refractivity contribution is 0.454. The molecule has 0 atom stereocenters. The Bertz CT molecular complexity index is 521. The monoisotopic (exact) mass is 315 g/mol. The average molecular weight is 316 g/mol. The Morgan fingerprint density at radius 3 is 2.82 bits per heavy atom. The van der Waals surface area contributed by atoms with Gasteiger partial charge in [-0.25, -0.2) is 4.98 Å². The molecule has 4 nitrogen and oxygen atoms in total. The van der Waals surface area contributed by atoms with Gasteiger partial charge >= 0.3 is 0 Å². The highest BCUT2D eigenvalue weighted by Crippen LogP contribution is 2.28. The Morgan fingerprint density at radius 2 is 2.29 bits per heavy atom. The van der Waals surface area contributed by atoms with Gasteiger partial charge in [-0.2, -0.15) is 5.10 Å². The molecule has 0 spiro atoms. The molecule has 2 aromatic heterocycles. The van der Waals surface area contributed by atoms with Gasteiger partial charge in [0, 0.05) is 12.8 Å². The number of hydrogen-bond acceptors (Lipinski definition) is 4. The molecular weight excluding hydrogens is 302 g/mol. The van der Waals surface area contributed by atoms with Gasteiger partial charge in [0.2, 0.25) is 0 Å². The molecule has 2 rings (SSSR count). The van der Waals surface area contributed by atoms with E-state index in [1.807, 2.05) is 18.7 Å². The van der Waals surface area contributed by atoms with E-state index in [2.05, 4.69) is 32.9 Å². The SMILES string of the molecule is CCc1nn(C)c(CSc2nc(C)co2)c1Br. The number of rotatable bonds is 4. The van der Waals surface area contributed by atoms with Crippen molar-refractivity contribution in [2.75, 3.05) is 0 Å². The maximum absolute atomic E-state index is 5.31. The van der Waals surface area contributed by atoms with Crippen LogP contribution in [0.5, 0.6) is 0 Å². The van der Waals surface area contributed by atoms with Gasteiger partial charge < -0.3 is 4.42 Å². The minimum Gasteiger partial charge on any atom is -0.440 e. The van der Waals surface area contributed by atoms with Crippen molar-refractivity contribution in [3.05, 3.63) is 27.8 Å². The molecule has 0 amide bonds. The van der Waals surface area contributed by atoms with Crippen molar-refractivity contribution in [2.24, 2.45) is 7.05 Å². The van der Waals surface area contributed by atoms with E-state index >= 15 is 0 Å². The molecule has 0 unspecified atom stereocenters. The molecule has 0 saturated carbocycles. The van der Waals surface area contributed by atoms with E-state index in [-0.39, 0.29) is 0 Å². The molecule has 6 heteroatoms. The lowest BCUT2D eigenvalue weighted by Crippen LogP contribution is -1.96. The van der Waals surface area contributed by atoms with E-state index in [1.54, 1.807) is 18.0 Å². The van der Waals surface area contributed by atoms with Gasteiger partial charge in [0.25, 0.3) is 5.22 Å². The first-order chi connectivity index (χ1) is 8.11. The average Bonchev–Trinajstić information content (AvgIpc) is 2.82. The number of aryl methyl sites for hydroxylation is 3. The van der Waals surface area contributed by atoms with E-state index in [4.69, 9.17) is 4.42 Å². The van der Waals surface area contributed by atoms with Crippen LogP contribution in [-0.4, -0.2) is 14.8 Å². The summed E-state index contributed by atoms with van der Waals surface area (Å²) in [6, 6.07) is 0. The van der Waals surface area contributed by atoms with E-state index in [9.17, 15) is 0 Å². The van der Waals surface area contributed by atoms with Crippen LogP contribution in [0, 0.1) is 6.92 Å². The van der Waals surface area contributed by atoms with Crippen LogP contribution in [0.4, 0.5) is 0 Å². The minimum absolute atomic E-state index is 0.702. The van der Waals surface area contributed by atoms with Gasteiger partial charge in [0.05, 0.1) is 21.6 Å². The van der Waals surface area contributed by atoms with Crippen molar-refractivity contribution in [2.45, 2.75) is 31.2 Å². The highest BCUT2D eigenvalue weighted by Gasteiger charge is 2.13. The van der Waals surface area contributed by atoms with Crippen molar-refractivity contribution < 1.29 is 4.42 Å². The molecule has 0 fully saturated rings. The van der Waals surface area contributed by atoms with Crippen LogP contribution in [0.25, 0.3) is 0 Å². The Balaban J connectivity index is 2.11. The molecule has 0 aliphatic heterocycles. The first-order valence-corrected chi connectivity index (χ1v) is 7.14. The third kappa shape index (κ3) is 2.74. The first-order valence-electron chi connectivity index (χ1n) is 5.37. The maximum atomic E-state index is 5.31. The van der Waals surface area contributed by atoms with Crippen LogP contribution < -0.4 is 0 Å². The fourth-order valence-electron chi connectivity index (χ4n) is 1.51. The van der Waals surface area contributed by atoms with Crippen LogP contribution in [0.2, 0.25) is 0 Å². The first kappa shape index (κ1) is 12.7. The number of nitrogens with zero attached hydrogens (tertiary/aromatic N) is 3. The molecule has 2 heterocycles. The third-order valence-electron chi connectivity index (χ3n) is 2.43. The van der Waals surface area contributed by atoms with Crippen LogP contribution in [0.15, 0.2) is 20.4 Å². The molecular formula is C11H14BrN3OS. The number of oxazole rings is 1. The number of hydrogen-bond donors (Lipinski definition) is 0. The molecule has 17 heavy (non-hydrogen) atoms. The normalized spacial score (nSPS) is 11.1. The van der Waals surface area contributed by atoms with Crippen molar-refractivity contribution in [3.63, 3.8) is 0 Å². The summed E-state index contributed by atoms with van der Waals surface area (Å²) >= 11 is 5.17. The van der Waals surface area contributed by atoms with Crippen molar-refractivity contribution in [3.8, 4) is 0 Å². The van der Waals surface area contributed by atoms with Crippen molar-refractivity contribution in [1.82, 2.24) is 14.8 Å². The Hall–Kier alpha value is -0.750. The van der Waals surface area contributed by atoms with E-state index in [1.165, 1.54) is 0 Å². The Morgan fingerprint density at radius 1 is 1.53 bits per heavy atom. The Labute approximate surface area is 113 Å². The molecule has 0 radical (unpaired) electrons. The molecule has 0 aliphatic carbocycles. The summed E-state index contributed by atoms with van der Waals surface area (Å²) in [5.74, 6) is 0.796. The highest BCUT2D eigenvalue weighted by molar-refractivity contribution is 9.10. The molecule has 0 N–H and O–H groups in total. The zero-order valence-electron chi connectivity index (χ0n) is 10.0. The van der Waals surface area contributed by atoms with E-state index in [0.717, 1.165) is 33.7 Å². The summed E-state index contributed by atoms with van der Waals surface area (Å²) in [5.41, 5.74) is 3.15. The zero-order chi connectivity index (χ0) is 12.4. The van der Waals surface area contributed by atoms with Crippen molar-refractivity contribution in [1.29, 1.82) is 0 Å². The molecule has 92 valence electrons. The summed E-state index contributed by atoms with van der Waals surface area (Å²) in [4.78, 5) is 4.26. The van der Waals surface area contributed by atoms with Crippen LogP contribution in [0.1, 0.15) is 24.0 Å². The molecule has 0 saturated heterocycles. The molecule has 0 bridgehead atoms. The number of aromatic nitrogens is 3. The topological polar surface area (TPSA) is 43.9 Å². The quantitative estimate of drug-likeness (QED) is 0.812. The summed E-state index contributed by atoms with van der Waals surface area (Å²) < 4.78 is 8.31. The standard InChI is InChI=1S/C11H14BrN3OS/c1-4-8-10(12)9(15(3)14-8)6-17-11-13-7(2)5-16-11/h5H,4,6H2,1-3H3. The summed E-state index contributed by atoms with van der Waals surface area (Å²) in [7, 11) is 1.96. The molecule has 0 aliphatic rings. The van der Waals surface area contributed by atoms with Gasteiger partial charge in [0.15, 0.2) is 0 Å². The smallest absolute Gasteiger partial charge is 0.256 e. The van der Waals surface area contributed by atoms with Crippen LogP contribution >= 0.6 is 27.7 Å². The second-order valence-electron chi connectivity index (χ2n) is 3.73. The molecule has 2 aromatic rings. The lowest BCUT2D eigenvalue weighted by Gasteiger charge is -2.00. The predicted octanol–water partition coefficient (Wildman–Crippen LogP) is 3.33. The second kappa shape index (κ2) is 5.27. The fourth-order valence-corrected chi connectivity index (χ4v) is 3.36. The van der Waals surface area contributed by atoms with Crippen LogP contribution in [0.3, 0.4) is 0 Å². The third-order valence-corrected chi connectivity index (χ3v) is 4.20. The second-order valence-corrected chi connectivity index (χ2v) is 5.45. The van der Waals surface area contributed by atoms with E-state index in [0.29, 0.717) is 5.22 Å². The van der Waals surface area contributed by atoms with Crippen LogP contribution in [-0.2, 0) is 19.2 Å². The lowest BCUT2D eigenvalue weighted by atomic mass is 10.3. The highest BCUT2D eigenvalue weighted by atomic mass is 79.9. The number of thioether (sulfide) groups is 1. The summed E-state index contributed by atoms with van der Waals surface area (Å²) in [6.45, 7) is 4.02. The van der Waals surface area contributed by atoms with Gasteiger partial charge in [-0.05, 0) is 29.3 Å². The molecule has 0 aromatic carbocycles. The fraction of sp³-hybridized carbons (Fsp3) is 0.455. The van der Waals surface area contributed by atoms with Crippen molar-refractivity contribution >= 4 is 27.7 Å². The minimum atomic E-state index is 0.702. The van der Waals surface area contributed by atoms with Gasteiger partial charge in [-0.3, -0.25) is 4.68 Å². The maximum Gasteiger partial charge on any atom is 0.256 e. The summed E-state index contributed by atoms with van der Waals surface area (Å²) in [6.07, 6.45) is 2.59. The van der Waals surface area contributed by atoms with E-state index < -0.39 is 0 Å². The Kier molecular flexibility index (Phi) is 3.93. The summed E-state index contributed by atoms with van der Waals surface area (Å²) in [5, 5.41) is 5.15.